The number of hydrogen-bond donors (Lipinski definition) is 0. The largest absolute Gasteiger partial charge is 0.340 e. The van der Waals surface area contributed by atoms with Crippen LogP contribution in [0.15, 0.2) is 27.7 Å². The van der Waals surface area contributed by atoms with Gasteiger partial charge >= 0.3 is 0 Å². The van der Waals surface area contributed by atoms with E-state index in [1.165, 1.54) is 5.56 Å². The first kappa shape index (κ1) is 16.7. The molecule has 7 heteroatoms. The number of piperidine rings is 1. The zero-order chi connectivity index (χ0) is 17.2. The predicted molar refractivity (Wildman–Crippen MR) is 98.4 cm³/mol. The third-order valence-electron chi connectivity index (χ3n) is 5.17. The highest BCUT2D eigenvalue weighted by atomic mass is 32.1. The van der Waals surface area contributed by atoms with Gasteiger partial charge in [-0.1, -0.05) is 0 Å². The van der Waals surface area contributed by atoms with Crippen molar-refractivity contribution in [3.63, 3.8) is 0 Å². The van der Waals surface area contributed by atoms with Crippen molar-refractivity contribution in [2.24, 2.45) is 5.92 Å². The van der Waals surface area contributed by atoms with Crippen molar-refractivity contribution in [3.05, 3.63) is 39.0 Å². The van der Waals surface area contributed by atoms with Crippen molar-refractivity contribution in [2.75, 3.05) is 13.1 Å². The number of aryl methyl sites for hydroxylation is 1. The minimum absolute atomic E-state index is 0.0533. The van der Waals surface area contributed by atoms with Crippen molar-refractivity contribution >= 4 is 34.5 Å². The van der Waals surface area contributed by atoms with Crippen LogP contribution in [0.5, 0.6) is 0 Å². The molecule has 3 fully saturated rings. The summed E-state index contributed by atoms with van der Waals surface area (Å²) in [6.45, 7) is 1.81. The number of hydrogen-bond acceptors (Lipinski definition) is 5. The number of carbonyl (C=O) groups is 2. The second-order valence-electron chi connectivity index (χ2n) is 6.80. The van der Waals surface area contributed by atoms with Gasteiger partial charge in [-0.15, -0.1) is 11.3 Å². The maximum Gasteiger partial charge on any atom is 0.228 e. The molecular weight excluding hydrogens is 354 g/mol. The molecule has 5 heterocycles. The number of thiophene rings is 1. The van der Waals surface area contributed by atoms with Gasteiger partial charge in [-0.3, -0.25) is 9.59 Å². The molecule has 2 amide bonds. The zero-order valence-electron chi connectivity index (χ0n) is 14.0. The maximum absolute atomic E-state index is 12.8. The van der Waals surface area contributed by atoms with Gasteiger partial charge in [0.15, 0.2) is 0 Å². The van der Waals surface area contributed by atoms with Crippen LogP contribution in [0.4, 0.5) is 0 Å². The molecule has 0 N–H and O–H groups in total. The lowest BCUT2D eigenvalue weighted by molar-refractivity contribution is -0.140. The highest BCUT2D eigenvalue weighted by Gasteiger charge is 2.41. The summed E-state index contributed by atoms with van der Waals surface area (Å²) in [5, 5.41) is 6.13. The van der Waals surface area contributed by atoms with Gasteiger partial charge in [0.25, 0.3) is 0 Å². The molecule has 0 radical (unpaired) electrons. The summed E-state index contributed by atoms with van der Waals surface area (Å²) in [7, 11) is 0. The van der Waals surface area contributed by atoms with Crippen molar-refractivity contribution in [2.45, 2.75) is 38.3 Å². The first-order valence-corrected chi connectivity index (χ1v) is 10.6. The summed E-state index contributed by atoms with van der Waals surface area (Å²) in [5.41, 5.74) is 3.97. The number of carbonyl (C=O) groups excluding carboxylic acids is 2. The number of nitrogens with zero attached hydrogens (tertiary/aromatic N) is 3. The van der Waals surface area contributed by atoms with E-state index in [4.69, 9.17) is 0 Å². The lowest BCUT2D eigenvalue weighted by Crippen LogP contribution is -2.47. The molecule has 25 heavy (non-hydrogen) atoms. The molecule has 0 spiro atoms. The molecule has 2 aromatic heterocycles. The van der Waals surface area contributed by atoms with E-state index in [-0.39, 0.29) is 23.8 Å². The van der Waals surface area contributed by atoms with Gasteiger partial charge in [0, 0.05) is 30.9 Å². The highest BCUT2D eigenvalue weighted by Crippen LogP contribution is 2.30. The number of aromatic nitrogens is 1. The van der Waals surface area contributed by atoms with Crippen LogP contribution >= 0.6 is 22.7 Å². The molecule has 5 nitrogen and oxygen atoms in total. The fourth-order valence-electron chi connectivity index (χ4n) is 3.79. The molecule has 2 aromatic rings. The summed E-state index contributed by atoms with van der Waals surface area (Å²) in [4.78, 5) is 33.7. The molecular formula is C18H21N3O2S2. The van der Waals surface area contributed by atoms with Gasteiger partial charge in [-0.2, -0.15) is 11.3 Å². The highest BCUT2D eigenvalue weighted by molar-refractivity contribution is 7.08. The van der Waals surface area contributed by atoms with E-state index in [0.717, 1.165) is 25.0 Å². The molecule has 2 bridgehead atoms. The minimum atomic E-state index is -0.0533. The topological polar surface area (TPSA) is 53.5 Å². The quantitative estimate of drug-likeness (QED) is 0.807. The SMILES string of the molecule is O=C(CCc1ccsc1)N1C[C@@H]2CC[C@H](C1)N(Cc1cscn1)C2=O. The van der Waals surface area contributed by atoms with Crippen LogP contribution in [-0.2, 0) is 22.6 Å². The Morgan fingerprint density at radius 2 is 2.16 bits per heavy atom. The van der Waals surface area contributed by atoms with Gasteiger partial charge in [-0.05, 0) is 41.7 Å². The second-order valence-corrected chi connectivity index (χ2v) is 8.30. The smallest absolute Gasteiger partial charge is 0.228 e. The number of amides is 2. The Labute approximate surface area is 155 Å². The summed E-state index contributed by atoms with van der Waals surface area (Å²) in [6.07, 6.45) is 3.18. The second kappa shape index (κ2) is 7.25. The molecule has 132 valence electrons. The molecule has 0 unspecified atom stereocenters. The standard InChI is InChI=1S/C18H21N3O2S2/c22-17(4-1-13-5-6-24-10-13)20-7-14-2-3-16(9-20)21(18(14)23)8-15-11-25-12-19-15/h5-6,10-12,14,16H,1-4,7-9H2/t14-,16+/m0/s1. The lowest BCUT2D eigenvalue weighted by Gasteiger charge is -2.35. The summed E-state index contributed by atoms with van der Waals surface area (Å²) >= 11 is 3.21. The molecule has 0 aromatic carbocycles. The van der Waals surface area contributed by atoms with Crippen LogP contribution in [0, 0.1) is 5.92 Å². The van der Waals surface area contributed by atoms with E-state index in [1.807, 2.05) is 20.6 Å². The first-order valence-electron chi connectivity index (χ1n) is 8.67. The fraction of sp³-hybridized carbons (Fsp3) is 0.500. The van der Waals surface area contributed by atoms with Crippen LogP contribution in [-0.4, -0.2) is 45.7 Å². The van der Waals surface area contributed by atoms with Gasteiger partial charge < -0.3 is 9.80 Å². The lowest BCUT2D eigenvalue weighted by atomic mass is 9.94. The molecule has 2 atom stereocenters. The number of rotatable bonds is 5. The molecule has 3 aliphatic rings. The van der Waals surface area contributed by atoms with Gasteiger partial charge in [0.2, 0.25) is 11.8 Å². The summed E-state index contributed by atoms with van der Waals surface area (Å²) < 4.78 is 0. The van der Waals surface area contributed by atoms with Gasteiger partial charge in [-0.25, -0.2) is 4.98 Å². The Kier molecular flexibility index (Phi) is 4.85. The van der Waals surface area contributed by atoms with E-state index in [0.29, 0.717) is 26.1 Å². The summed E-state index contributed by atoms with van der Waals surface area (Å²) in [5.74, 6) is 0.311. The number of thiazole rings is 1. The number of fused-ring (bicyclic) bond motifs is 4. The van der Waals surface area contributed by atoms with E-state index in [9.17, 15) is 9.59 Å². The third-order valence-corrected chi connectivity index (χ3v) is 6.54. The Hall–Kier alpha value is -1.73. The molecule has 0 saturated carbocycles. The fourth-order valence-corrected chi connectivity index (χ4v) is 5.04. The van der Waals surface area contributed by atoms with Crippen LogP contribution in [0.1, 0.15) is 30.5 Å². The Bertz CT molecular complexity index is 730. The van der Waals surface area contributed by atoms with Crippen LogP contribution < -0.4 is 0 Å². The van der Waals surface area contributed by atoms with E-state index >= 15 is 0 Å². The average molecular weight is 376 g/mol. The average Bonchev–Trinajstić information content (AvgIpc) is 3.25. The van der Waals surface area contributed by atoms with Crippen molar-refractivity contribution in [3.8, 4) is 0 Å². The third kappa shape index (κ3) is 3.62. The van der Waals surface area contributed by atoms with Gasteiger partial charge in [0.05, 0.1) is 23.7 Å². The first-order chi connectivity index (χ1) is 12.2. The maximum atomic E-state index is 12.8. The zero-order valence-corrected chi connectivity index (χ0v) is 15.6. The van der Waals surface area contributed by atoms with Crippen molar-refractivity contribution in [1.29, 1.82) is 0 Å². The van der Waals surface area contributed by atoms with E-state index in [1.54, 1.807) is 28.2 Å². The van der Waals surface area contributed by atoms with Crippen LogP contribution in [0.25, 0.3) is 0 Å². The van der Waals surface area contributed by atoms with Crippen molar-refractivity contribution in [1.82, 2.24) is 14.8 Å². The molecule has 5 rings (SSSR count). The van der Waals surface area contributed by atoms with Gasteiger partial charge in [0.1, 0.15) is 0 Å². The van der Waals surface area contributed by atoms with Crippen LogP contribution in [0.3, 0.4) is 0 Å². The van der Waals surface area contributed by atoms with E-state index < -0.39 is 0 Å². The molecule has 3 saturated heterocycles. The molecule has 0 aliphatic carbocycles. The van der Waals surface area contributed by atoms with Crippen LogP contribution in [0.2, 0.25) is 0 Å². The molecule has 3 aliphatic heterocycles. The van der Waals surface area contributed by atoms with E-state index in [2.05, 4.69) is 16.4 Å². The summed E-state index contributed by atoms with van der Waals surface area (Å²) in [6, 6.07) is 2.20. The minimum Gasteiger partial charge on any atom is -0.340 e. The normalized spacial score (nSPS) is 23.1. The predicted octanol–water partition coefficient (Wildman–Crippen LogP) is 2.79. The Balaban J connectivity index is 1.43. The van der Waals surface area contributed by atoms with Crippen molar-refractivity contribution < 1.29 is 9.59 Å². The Morgan fingerprint density at radius 1 is 1.24 bits per heavy atom. The Morgan fingerprint density at radius 3 is 2.92 bits per heavy atom. The monoisotopic (exact) mass is 375 g/mol.